The molecule has 1 saturated heterocycles. The second kappa shape index (κ2) is 7.74. The van der Waals surface area contributed by atoms with Crippen molar-refractivity contribution >= 4 is 5.91 Å². The molecule has 0 aliphatic carbocycles. The predicted molar refractivity (Wildman–Crippen MR) is 71.5 cm³/mol. The Morgan fingerprint density at radius 2 is 2.11 bits per heavy atom. The summed E-state index contributed by atoms with van der Waals surface area (Å²) in [5, 5.41) is 0. The molecule has 0 saturated carbocycles. The van der Waals surface area contributed by atoms with Gasteiger partial charge in [-0.2, -0.15) is 0 Å². The standard InChI is InChI=1S/C14H27NO3/c1-5-7-14(16)15-9-13(18-11(3)4)8-12(15)10-17-6-2/h11-13H,5-10H2,1-4H3/t12-,13+/m0/s1. The molecule has 0 radical (unpaired) electrons. The Balaban J connectivity index is 2.56. The third-order valence-electron chi connectivity index (χ3n) is 3.14. The minimum atomic E-state index is 0.163. The first-order chi connectivity index (χ1) is 8.58. The van der Waals surface area contributed by atoms with Crippen LogP contribution >= 0.6 is 0 Å². The number of rotatable bonds is 7. The molecule has 18 heavy (non-hydrogen) atoms. The van der Waals surface area contributed by atoms with E-state index in [4.69, 9.17) is 9.47 Å². The van der Waals surface area contributed by atoms with E-state index < -0.39 is 0 Å². The van der Waals surface area contributed by atoms with E-state index in [1.54, 1.807) is 0 Å². The third kappa shape index (κ3) is 4.58. The van der Waals surface area contributed by atoms with Gasteiger partial charge >= 0.3 is 0 Å². The largest absolute Gasteiger partial charge is 0.380 e. The molecule has 0 N–H and O–H groups in total. The Morgan fingerprint density at radius 1 is 1.39 bits per heavy atom. The molecule has 0 aromatic rings. The number of likely N-dealkylation sites (tertiary alicyclic amines) is 1. The number of ether oxygens (including phenoxy) is 2. The van der Waals surface area contributed by atoms with E-state index in [0.717, 1.165) is 19.4 Å². The fourth-order valence-corrected chi connectivity index (χ4v) is 2.43. The molecule has 2 atom stereocenters. The van der Waals surface area contributed by atoms with Crippen molar-refractivity contribution < 1.29 is 14.3 Å². The summed E-state index contributed by atoms with van der Waals surface area (Å²) in [5.41, 5.74) is 0. The Hall–Kier alpha value is -0.610. The smallest absolute Gasteiger partial charge is 0.222 e. The van der Waals surface area contributed by atoms with E-state index in [0.29, 0.717) is 19.6 Å². The van der Waals surface area contributed by atoms with Crippen LogP contribution in [0.4, 0.5) is 0 Å². The van der Waals surface area contributed by atoms with Crippen molar-refractivity contribution in [3.63, 3.8) is 0 Å². The average Bonchev–Trinajstić information content (AvgIpc) is 2.69. The number of carbonyl (C=O) groups is 1. The lowest BCUT2D eigenvalue weighted by molar-refractivity contribution is -0.133. The van der Waals surface area contributed by atoms with Crippen LogP contribution in [0, 0.1) is 0 Å². The van der Waals surface area contributed by atoms with Crippen LogP contribution in [0.3, 0.4) is 0 Å². The minimum Gasteiger partial charge on any atom is -0.380 e. The zero-order valence-corrected chi connectivity index (χ0v) is 12.1. The molecule has 1 heterocycles. The molecular formula is C14H27NO3. The van der Waals surface area contributed by atoms with Gasteiger partial charge < -0.3 is 14.4 Å². The third-order valence-corrected chi connectivity index (χ3v) is 3.14. The monoisotopic (exact) mass is 257 g/mol. The van der Waals surface area contributed by atoms with E-state index >= 15 is 0 Å². The van der Waals surface area contributed by atoms with Crippen molar-refractivity contribution in [3.05, 3.63) is 0 Å². The van der Waals surface area contributed by atoms with Crippen molar-refractivity contribution in [2.45, 2.75) is 65.2 Å². The van der Waals surface area contributed by atoms with Crippen LogP contribution in [0.2, 0.25) is 0 Å². The molecule has 0 bridgehead atoms. The zero-order valence-electron chi connectivity index (χ0n) is 12.1. The van der Waals surface area contributed by atoms with E-state index in [1.807, 2.05) is 32.6 Å². The summed E-state index contributed by atoms with van der Waals surface area (Å²) in [6.07, 6.45) is 2.79. The second-order valence-electron chi connectivity index (χ2n) is 5.15. The van der Waals surface area contributed by atoms with Crippen molar-refractivity contribution in [3.8, 4) is 0 Å². The lowest BCUT2D eigenvalue weighted by Gasteiger charge is -2.24. The Morgan fingerprint density at radius 3 is 2.67 bits per heavy atom. The van der Waals surface area contributed by atoms with Crippen LogP contribution < -0.4 is 0 Å². The lowest BCUT2D eigenvalue weighted by Crippen LogP contribution is -2.38. The van der Waals surface area contributed by atoms with Crippen LogP contribution in [0.25, 0.3) is 0 Å². The molecule has 1 rings (SSSR count). The molecule has 0 unspecified atom stereocenters. The van der Waals surface area contributed by atoms with Gasteiger partial charge in [0.2, 0.25) is 5.91 Å². The molecule has 1 aliphatic rings. The van der Waals surface area contributed by atoms with Gasteiger partial charge in [0.1, 0.15) is 0 Å². The summed E-state index contributed by atoms with van der Waals surface area (Å²) in [4.78, 5) is 14.0. The van der Waals surface area contributed by atoms with Crippen molar-refractivity contribution in [1.29, 1.82) is 0 Å². The van der Waals surface area contributed by atoms with E-state index in [-0.39, 0.29) is 24.2 Å². The van der Waals surface area contributed by atoms with Gasteiger partial charge in [0.15, 0.2) is 0 Å². The number of carbonyl (C=O) groups excluding carboxylic acids is 1. The molecule has 1 aliphatic heterocycles. The fourth-order valence-electron chi connectivity index (χ4n) is 2.43. The van der Waals surface area contributed by atoms with Gasteiger partial charge in [-0.05, 0) is 33.6 Å². The summed E-state index contributed by atoms with van der Waals surface area (Å²) in [6, 6.07) is 0.188. The highest BCUT2D eigenvalue weighted by Gasteiger charge is 2.35. The number of amides is 1. The summed E-state index contributed by atoms with van der Waals surface area (Å²) in [6.45, 7) is 10.1. The van der Waals surface area contributed by atoms with Crippen LogP contribution in [0.5, 0.6) is 0 Å². The van der Waals surface area contributed by atoms with Gasteiger partial charge in [0, 0.05) is 19.6 Å². The topological polar surface area (TPSA) is 38.8 Å². The van der Waals surface area contributed by atoms with E-state index in [9.17, 15) is 4.79 Å². The molecule has 4 heteroatoms. The summed E-state index contributed by atoms with van der Waals surface area (Å²) >= 11 is 0. The molecular weight excluding hydrogens is 230 g/mol. The van der Waals surface area contributed by atoms with Crippen molar-refractivity contribution in [2.75, 3.05) is 19.8 Å². The SMILES string of the molecule is CCCC(=O)N1C[C@H](OC(C)C)C[C@H]1COCC. The first kappa shape index (κ1) is 15.4. The highest BCUT2D eigenvalue weighted by molar-refractivity contribution is 5.76. The first-order valence-corrected chi connectivity index (χ1v) is 7.11. The quantitative estimate of drug-likeness (QED) is 0.702. The molecule has 4 nitrogen and oxygen atoms in total. The Kier molecular flexibility index (Phi) is 6.65. The second-order valence-corrected chi connectivity index (χ2v) is 5.15. The van der Waals surface area contributed by atoms with Gasteiger partial charge in [0.05, 0.1) is 24.9 Å². The molecule has 1 fully saturated rings. The van der Waals surface area contributed by atoms with Crippen molar-refractivity contribution in [2.24, 2.45) is 0 Å². The maximum atomic E-state index is 12.1. The normalized spacial score (nSPS) is 23.9. The number of nitrogens with zero attached hydrogens (tertiary/aromatic N) is 1. The Labute approximate surface area is 111 Å². The van der Waals surface area contributed by atoms with Crippen molar-refractivity contribution in [1.82, 2.24) is 4.90 Å². The van der Waals surface area contributed by atoms with Crippen LogP contribution in [-0.2, 0) is 14.3 Å². The molecule has 1 amide bonds. The first-order valence-electron chi connectivity index (χ1n) is 7.11. The number of hydrogen-bond acceptors (Lipinski definition) is 3. The number of hydrogen-bond donors (Lipinski definition) is 0. The predicted octanol–water partition coefficient (Wildman–Crippen LogP) is 2.22. The fraction of sp³-hybridized carbons (Fsp3) is 0.929. The Bertz CT molecular complexity index is 255. The minimum absolute atomic E-state index is 0.163. The molecule has 106 valence electrons. The maximum Gasteiger partial charge on any atom is 0.222 e. The highest BCUT2D eigenvalue weighted by atomic mass is 16.5. The summed E-state index contributed by atoms with van der Waals surface area (Å²) < 4.78 is 11.3. The van der Waals surface area contributed by atoms with Gasteiger partial charge in [-0.25, -0.2) is 0 Å². The van der Waals surface area contributed by atoms with Gasteiger partial charge in [-0.15, -0.1) is 0 Å². The summed E-state index contributed by atoms with van der Waals surface area (Å²) in [7, 11) is 0. The van der Waals surface area contributed by atoms with E-state index in [2.05, 4.69) is 0 Å². The van der Waals surface area contributed by atoms with Crippen LogP contribution in [0.15, 0.2) is 0 Å². The van der Waals surface area contributed by atoms with Crippen LogP contribution in [0.1, 0.15) is 47.0 Å². The molecule has 0 spiro atoms. The maximum absolute atomic E-state index is 12.1. The summed E-state index contributed by atoms with van der Waals surface area (Å²) in [5.74, 6) is 0.233. The van der Waals surface area contributed by atoms with Gasteiger partial charge in [-0.1, -0.05) is 6.92 Å². The van der Waals surface area contributed by atoms with Gasteiger partial charge in [0.25, 0.3) is 0 Å². The zero-order chi connectivity index (χ0) is 13.5. The average molecular weight is 257 g/mol. The molecule has 0 aromatic heterocycles. The van der Waals surface area contributed by atoms with Crippen LogP contribution in [-0.4, -0.2) is 48.8 Å². The van der Waals surface area contributed by atoms with E-state index in [1.165, 1.54) is 0 Å². The molecule has 0 aromatic carbocycles. The van der Waals surface area contributed by atoms with Gasteiger partial charge in [-0.3, -0.25) is 4.79 Å². The lowest BCUT2D eigenvalue weighted by atomic mass is 10.2. The highest BCUT2D eigenvalue weighted by Crippen LogP contribution is 2.23.